The van der Waals surface area contributed by atoms with Crippen molar-refractivity contribution in [3.63, 3.8) is 0 Å². The molecule has 0 bridgehead atoms. The van der Waals surface area contributed by atoms with Gasteiger partial charge in [0.05, 0.1) is 13.7 Å². The number of hydrogen-bond donors (Lipinski definition) is 0. The van der Waals surface area contributed by atoms with Crippen molar-refractivity contribution in [1.29, 1.82) is 0 Å². The van der Waals surface area contributed by atoms with Crippen LogP contribution in [0.2, 0.25) is 0 Å². The molecule has 0 saturated carbocycles. The Morgan fingerprint density at radius 1 is 1.50 bits per heavy atom. The summed E-state index contributed by atoms with van der Waals surface area (Å²) >= 11 is 0. The Hall–Kier alpha value is -1.04. The fourth-order valence-corrected chi connectivity index (χ4v) is 1.19. The zero-order valence-electron chi connectivity index (χ0n) is 7.43. The van der Waals surface area contributed by atoms with Gasteiger partial charge in [-0.25, -0.2) is 4.79 Å². The van der Waals surface area contributed by atoms with Crippen LogP contribution in [0, 0.1) is 0 Å². The summed E-state index contributed by atoms with van der Waals surface area (Å²) in [6, 6.07) is 0. The molecule has 0 amide bonds. The molecular weight excluding hydrogens is 201 g/mol. The van der Waals surface area contributed by atoms with E-state index in [9.17, 15) is 18.0 Å². The summed E-state index contributed by atoms with van der Waals surface area (Å²) in [5.74, 6) is -1.41. The van der Waals surface area contributed by atoms with Crippen LogP contribution in [0.1, 0.15) is 6.42 Å². The molecule has 0 radical (unpaired) electrons. The molecule has 3 nitrogen and oxygen atoms in total. The number of methoxy groups -OCH3 is 1. The summed E-state index contributed by atoms with van der Waals surface area (Å²) in [5, 5.41) is 0. The fraction of sp³-hybridized carbons (Fsp3) is 0.625. The van der Waals surface area contributed by atoms with E-state index >= 15 is 0 Å². The second-order valence-corrected chi connectivity index (χ2v) is 2.80. The normalized spacial score (nSPS) is 27.4. The molecule has 1 rings (SSSR count). The van der Waals surface area contributed by atoms with Crippen molar-refractivity contribution in [3.8, 4) is 0 Å². The van der Waals surface area contributed by atoms with Gasteiger partial charge in [-0.15, -0.1) is 0 Å². The summed E-state index contributed by atoms with van der Waals surface area (Å²) in [6.45, 7) is -0.241. The number of hydrogen-bond acceptors (Lipinski definition) is 3. The Morgan fingerprint density at radius 2 is 2.14 bits per heavy atom. The van der Waals surface area contributed by atoms with E-state index in [4.69, 9.17) is 0 Å². The van der Waals surface area contributed by atoms with Crippen LogP contribution in [0.4, 0.5) is 13.2 Å². The molecule has 80 valence electrons. The summed E-state index contributed by atoms with van der Waals surface area (Å²) in [7, 11) is 0.900. The third-order valence-corrected chi connectivity index (χ3v) is 1.97. The molecule has 0 spiro atoms. The van der Waals surface area contributed by atoms with Crippen molar-refractivity contribution in [2.24, 2.45) is 0 Å². The first-order valence-corrected chi connectivity index (χ1v) is 3.88. The maximum absolute atomic E-state index is 12.6. The van der Waals surface area contributed by atoms with Gasteiger partial charge in [-0.05, 0) is 0 Å². The van der Waals surface area contributed by atoms with Crippen LogP contribution >= 0.6 is 0 Å². The monoisotopic (exact) mass is 210 g/mol. The Balaban J connectivity index is 3.02. The van der Waals surface area contributed by atoms with Gasteiger partial charge in [0.25, 0.3) is 5.60 Å². The van der Waals surface area contributed by atoms with Gasteiger partial charge in [-0.3, -0.25) is 0 Å². The lowest BCUT2D eigenvalue weighted by atomic mass is 9.97. The van der Waals surface area contributed by atoms with Crippen LogP contribution in [0.3, 0.4) is 0 Å². The minimum atomic E-state index is -4.76. The van der Waals surface area contributed by atoms with E-state index in [1.807, 2.05) is 0 Å². The first kappa shape index (κ1) is 11.0. The van der Waals surface area contributed by atoms with Crippen LogP contribution in [0.5, 0.6) is 0 Å². The van der Waals surface area contributed by atoms with Gasteiger partial charge in [0.15, 0.2) is 0 Å². The quantitative estimate of drug-likeness (QED) is 0.485. The molecule has 0 fully saturated rings. The number of ether oxygens (including phenoxy) is 2. The molecule has 1 aliphatic rings. The highest BCUT2D eigenvalue weighted by atomic mass is 19.4. The lowest BCUT2D eigenvalue weighted by molar-refractivity contribution is -0.274. The van der Waals surface area contributed by atoms with E-state index in [2.05, 4.69) is 9.47 Å². The largest absolute Gasteiger partial charge is 0.467 e. The molecule has 1 aliphatic heterocycles. The summed E-state index contributed by atoms with van der Waals surface area (Å²) in [6.07, 6.45) is -2.62. The minimum Gasteiger partial charge on any atom is -0.467 e. The second kappa shape index (κ2) is 3.61. The third-order valence-electron chi connectivity index (χ3n) is 1.97. The smallest absolute Gasteiger partial charge is 0.428 e. The maximum atomic E-state index is 12.6. The van der Waals surface area contributed by atoms with Gasteiger partial charge < -0.3 is 9.47 Å². The average Bonchev–Trinajstić information content (AvgIpc) is 2.16. The standard InChI is InChI=1S/C8H9F3O3/c1-13-6(12)7(8(9,10)11)4-2-3-5-14-7/h2-3H,4-5H2,1H3/t7-/m0/s1. The van der Waals surface area contributed by atoms with Gasteiger partial charge in [-0.1, -0.05) is 12.2 Å². The van der Waals surface area contributed by atoms with Gasteiger partial charge in [0.1, 0.15) is 0 Å². The molecule has 0 saturated heterocycles. The lowest BCUT2D eigenvalue weighted by Crippen LogP contribution is -2.55. The highest BCUT2D eigenvalue weighted by molar-refractivity contribution is 5.81. The van der Waals surface area contributed by atoms with Crippen molar-refractivity contribution in [3.05, 3.63) is 12.2 Å². The first-order valence-electron chi connectivity index (χ1n) is 3.88. The molecule has 0 unspecified atom stereocenters. The van der Waals surface area contributed by atoms with E-state index < -0.39 is 24.2 Å². The Bertz CT molecular complexity index is 259. The zero-order chi connectivity index (χ0) is 10.8. The molecule has 0 aromatic heterocycles. The van der Waals surface area contributed by atoms with E-state index in [1.54, 1.807) is 0 Å². The zero-order valence-corrected chi connectivity index (χ0v) is 7.43. The van der Waals surface area contributed by atoms with Crippen LogP contribution < -0.4 is 0 Å². The minimum absolute atomic E-state index is 0.241. The van der Waals surface area contributed by atoms with E-state index in [0.29, 0.717) is 0 Å². The summed E-state index contributed by atoms with van der Waals surface area (Å²) < 4.78 is 46.3. The number of esters is 1. The lowest BCUT2D eigenvalue weighted by Gasteiger charge is -2.33. The van der Waals surface area contributed by atoms with Gasteiger partial charge in [0, 0.05) is 6.42 Å². The third kappa shape index (κ3) is 1.61. The number of carbonyl (C=O) groups excluding carboxylic acids is 1. The van der Waals surface area contributed by atoms with Crippen molar-refractivity contribution < 1.29 is 27.4 Å². The maximum Gasteiger partial charge on any atom is 0.428 e. The predicted molar refractivity (Wildman–Crippen MR) is 40.5 cm³/mol. The Labute approximate surface area is 78.5 Å². The predicted octanol–water partition coefficient (Wildman–Crippen LogP) is 1.44. The van der Waals surface area contributed by atoms with E-state index in [-0.39, 0.29) is 6.61 Å². The molecule has 0 aromatic rings. The number of alkyl halides is 3. The van der Waals surface area contributed by atoms with Gasteiger partial charge in [0.2, 0.25) is 0 Å². The van der Waals surface area contributed by atoms with Crippen molar-refractivity contribution in [2.75, 3.05) is 13.7 Å². The number of carbonyl (C=O) groups is 1. The molecule has 0 N–H and O–H groups in total. The molecule has 0 aliphatic carbocycles. The molecule has 14 heavy (non-hydrogen) atoms. The molecular formula is C8H9F3O3. The number of rotatable bonds is 1. The van der Waals surface area contributed by atoms with Crippen molar-refractivity contribution in [2.45, 2.75) is 18.2 Å². The first-order chi connectivity index (χ1) is 6.44. The highest BCUT2D eigenvalue weighted by Gasteiger charge is 2.62. The van der Waals surface area contributed by atoms with Crippen molar-refractivity contribution >= 4 is 5.97 Å². The van der Waals surface area contributed by atoms with Gasteiger partial charge in [-0.2, -0.15) is 13.2 Å². The SMILES string of the molecule is COC(=O)[C@]1(C(F)(F)F)CC=CCO1. The summed E-state index contributed by atoms with van der Waals surface area (Å²) in [5.41, 5.74) is -2.82. The van der Waals surface area contributed by atoms with Gasteiger partial charge >= 0.3 is 12.1 Å². The van der Waals surface area contributed by atoms with Crippen LogP contribution in [0.25, 0.3) is 0 Å². The molecule has 1 atom stereocenters. The molecule has 0 aromatic carbocycles. The van der Waals surface area contributed by atoms with E-state index in [0.717, 1.165) is 7.11 Å². The van der Waals surface area contributed by atoms with Crippen LogP contribution in [0.15, 0.2) is 12.2 Å². The molecule has 6 heteroatoms. The highest BCUT2D eigenvalue weighted by Crippen LogP contribution is 2.39. The van der Waals surface area contributed by atoms with E-state index in [1.165, 1.54) is 12.2 Å². The summed E-state index contributed by atoms with van der Waals surface area (Å²) in [4.78, 5) is 11.0. The van der Waals surface area contributed by atoms with Crippen molar-refractivity contribution in [1.82, 2.24) is 0 Å². The molecule has 1 heterocycles. The topological polar surface area (TPSA) is 35.5 Å². The number of halogens is 3. The Morgan fingerprint density at radius 3 is 2.50 bits per heavy atom. The average molecular weight is 210 g/mol. The van der Waals surface area contributed by atoms with Crippen LogP contribution in [-0.4, -0.2) is 31.5 Å². The van der Waals surface area contributed by atoms with Crippen LogP contribution in [-0.2, 0) is 14.3 Å². The Kier molecular flexibility index (Phi) is 2.84. The fourth-order valence-electron chi connectivity index (χ4n) is 1.19. The second-order valence-electron chi connectivity index (χ2n) is 2.80.